The molecule has 0 aliphatic carbocycles. The molecule has 0 aliphatic rings. The average molecular weight is 449 g/mol. The summed E-state index contributed by atoms with van der Waals surface area (Å²) in [6.07, 6.45) is -6.82. The molecule has 0 radical (unpaired) electrons. The molecule has 8 nitrogen and oxygen atoms in total. The van der Waals surface area contributed by atoms with Gasteiger partial charge in [0.1, 0.15) is 17.9 Å². The van der Waals surface area contributed by atoms with Crippen LogP contribution in [0.15, 0.2) is 18.2 Å². The summed E-state index contributed by atoms with van der Waals surface area (Å²) in [6, 6.07) is 4.29. The van der Waals surface area contributed by atoms with Crippen LogP contribution in [0.4, 0.5) is 18.0 Å². The minimum atomic E-state index is -4.71. The molecule has 2 N–H and O–H groups in total. The Labute approximate surface area is 177 Å². The van der Waals surface area contributed by atoms with Crippen molar-refractivity contribution in [3.8, 4) is 5.75 Å². The van der Waals surface area contributed by atoms with E-state index in [1.54, 1.807) is 0 Å². The Bertz CT molecular complexity index is 803. The number of amides is 1. The monoisotopic (exact) mass is 449 g/mol. The van der Waals surface area contributed by atoms with Crippen molar-refractivity contribution in [2.45, 2.75) is 51.9 Å². The Morgan fingerprint density at radius 2 is 1.71 bits per heavy atom. The molecule has 0 aliphatic heterocycles. The first kappa shape index (κ1) is 26.1. The van der Waals surface area contributed by atoms with E-state index in [0.717, 1.165) is 0 Å². The highest BCUT2D eigenvalue weighted by Crippen LogP contribution is 2.26. The second kappa shape index (κ2) is 10.4. The number of alkyl halides is 3. The molecule has 0 spiro atoms. The molecule has 174 valence electrons. The maximum Gasteiger partial charge on any atom is 0.410 e. The van der Waals surface area contributed by atoms with E-state index >= 15 is 0 Å². The first-order valence-electron chi connectivity index (χ1n) is 9.26. The lowest BCUT2D eigenvalue weighted by Gasteiger charge is -2.29. The van der Waals surface area contributed by atoms with Crippen molar-refractivity contribution in [1.29, 1.82) is 0 Å². The summed E-state index contributed by atoms with van der Waals surface area (Å²) in [5.41, 5.74) is -0.565. The van der Waals surface area contributed by atoms with E-state index in [4.69, 9.17) is 14.6 Å². The van der Waals surface area contributed by atoms with Crippen molar-refractivity contribution in [2.24, 2.45) is 5.92 Å². The van der Waals surface area contributed by atoms with E-state index in [2.05, 4.69) is 0 Å². The molecule has 1 rings (SSSR count). The van der Waals surface area contributed by atoms with Gasteiger partial charge in [-0.15, -0.1) is 0 Å². The summed E-state index contributed by atoms with van der Waals surface area (Å²) in [5.74, 6) is -3.71. The van der Waals surface area contributed by atoms with Gasteiger partial charge in [0.25, 0.3) is 0 Å². The second-order valence-electron chi connectivity index (χ2n) is 7.92. The quantitative estimate of drug-likeness (QED) is 0.591. The number of hydrogen-bond donors (Lipinski definition) is 2. The van der Waals surface area contributed by atoms with Crippen molar-refractivity contribution >= 4 is 18.0 Å². The number of carbonyl (C=O) groups is 3. The number of benzene rings is 1. The number of carbonyl (C=O) groups excluding carboxylic acids is 1. The number of methoxy groups -OCH3 is 1. The van der Waals surface area contributed by atoms with Crippen molar-refractivity contribution < 1.29 is 47.2 Å². The Morgan fingerprint density at radius 3 is 2.16 bits per heavy atom. The van der Waals surface area contributed by atoms with Crippen LogP contribution in [0.2, 0.25) is 0 Å². The van der Waals surface area contributed by atoms with Crippen LogP contribution in [-0.2, 0) is 27.3 Å². The first-order chi connectivity index (χ1) is 14.1. The van der Waals surface area contributed by atoms with Gasteiger partial charge in [0.15, 0.2) is 0 Å². The highest BCUT2D eigenvalue weighted by Gasteiger charge is 2.35. The van der Waals surface area contributed by atoms with Crippen LogP contribution in [0.1, 0.15) is 38.3 Å². The molecule has 0 unspecified atom stereocenters. The highest BCUT2D eigenvalue weighted by atomic mass is 19.4. The third kappa shape index (κ3) is 9.58. The second-order valence-corrected chi connectivity index (χ2v) is 7.92. The molecule has 1 aromatic rings. The Balaban J connectivity index is 3.31. The Kier molecular flexibility index (Phi) is 8.71. The summed E-state index contributed by atoms with van der Waals surface area (Å²) in [6.45, 7) is 2.40. The third-order valence-electron chi connectivity index (χ3n) is 4.03. The van der Waals surface area contributed by atoms with Gasteiger partial charge < -0.3 is 19.7 Å². The number of aliphatic carboxylic acids is 2. The minimum Gasteiger partial charge on any atom is -0.497 e. The molecular formula is C20H26F3NO7. The topological polar surface area (TPSA) is 113 Å². The smallest absolute Gasteiger partial charge is 0.410 e. The maximum absolute atomic E-state index is 13.1. The van der Waals surface area contributed by atoms with Crippen LogP contribution in [0.5, 0.6) is 5.75 Å². The van der Waals surface area contributed by atoms with E-state index in [9.17, 15) is 32.7 Å². The van der Waals surface area contributed by atoms with Gasteiger partial charge in [-0.25, -0.2) is 4.79 Å². The molecule has 0 fully saturated rings. The molecule has 1 amide bonds. The predicted octanol–water partition coefficient (Wildman–Crippen LogP) is 3.71. The van der Waals surface area contributed by atoms with Crippen LogP contribution in [0.3, 0.4) is 0 Å². The van der Waals surface area contributed by atoms with Gasteiger partial charge in [-0.3, -0.25) is 14.5 Å². The standard InChI is InChI=1S/C20H26F3NO7/c1-19(2,3)31-18(29)24(11-20(21,22)23)10-14-8-15(30-4)6-5-12(14)7-13(17(27)28)9-16(25)26/h5-6,8,13H,7,9-11H2,1-4H3,(H,25,26)(H,27,28)/t13-/m0/s1. The van der Waals surface area contributed by atoms with Gasteiger partial charge in [-0.2, -0.15) is 13.2 Å². The Morgan fingerprint density at radius 1 is 1.10 bits per heavy atom. The SMILES string of the molecule is COc1ccc(C[C@@H](CC(=O)O)C(=O)O)c(CN(CC(F)(F)F)C(=O)OC(C)(C)C)c1. The number of ether oxygens (including phenoxy) is 2. The third-order valence-corrected chi connectivity index (χ3v) is 4.03. The van der Waals surface area contributed by atoms with Crippen LogP contribution in [-0.4, -0.2) is 58.6 Å². The minimum absolute atomic E-state index is 0.186. The lowest BCUT2D eigenvalue weighted by molar-refractivity contribution is -0.148. The van der Waals surface area contributed by atoms with Gasteiger partial charge in [0, 0.05) is 6.54 Å². The summed E-state index contributed by atoms with van der Waals surface area (Å²) in [7, 11) is 1.34. The van der Waals surface area contributed by atoms with Crippen LogP contribution < -0.4 is 4.74 Å². The van der Waals surface area contributed by atoms with Gasteiger partial charge in [0.05, 0.1) is 19.4 Å². The van der Waals surface area contributed by atoms with E-state index < -0.39 is 55.2 Å². The summed E-state index contributed by atoms with van der Waals surface area (Å²) in [4.78, 5) is 35.2. The van der Waals surface area contributed by atoms with Gasteiger partial charge in [0.2, 0.25) is 0 Å². The van der Waals surface area contributed by atoms with Gasteiger partial charge in [-0.05, 0) is 50.5 Å². The van der Waals surface area contributed by atoms with Crippen LogP contribution in [0, 0.1) is 5.92 Å². The number of nitrogens with zero attached hydrogens (tertiary/aromatic N) is 1. The summed E-state index contributed by atoms with van der Waals surface area (Å²) in [5, 5.41) is 18.2. The summed E-state index contributed by atoms with van der Waals surface area (Å²) < 4.78 is 49.4. The molecule has 0 aromatic heterocycles. The highest BCUT2D eigenvalue weighted by molar-refractivity contribution is 5.78. The molecular weight excluding hydrogens is 423 g/mol. The Hall–Kier alpha value is -2.98. The zero-order chi connectivity index (χ0) is 24.0. The maximum atomic E-state index is 13.1. The van der Waals surface area contributed by atoms with Crippen molar-refractivity contribution in [3.05, 3.63) is 29.3 Å². The van der Waals surface area contributed by atoms with Crippen LogP contribution >= 0.6 is 0 Å². The normalized spacial score (nSPS) is 12.7. The van der Waals surface area contributed by atoms with E-state index in [1.807, 2.05) is 0 Å². The van der Waals surface area contributed by atoms with E-state index in [-0.39, 0.29) is 23.3 Å². The predicted molar refractivity (Wildman–Crippen MR) is 103 cm³/mol. The molecule has 0 saturated heterocycles. The summed E-state index contributed by atoms with van der Waals surface area (Å²) >= 11 is 0. The molecule has 0 heterocycles. The fraction of sp³-hybridized carbons (Fsp3) is 0.550. The molecule has 0 saturated carbocycles. The van der Waals surface area contributed by atoms with Crippen molar-refractivity contribution in [3.63, 3.8) is 0 Å². The molecule has 11 heteroatoms. The van der Waals surface area contributed by atoms with Crippen LogP contribution in [0.25, 0.3) is 0 Å². The average Bonchev–Trinajstić information content (AvgIpc) is 2.58. The number of carboxylic acid groups (broad SMARTS) is 2. The zero-order valence-electron chi connectivity index (χ0n) is 17.7. The number of rotatable bonds is 9. The molecule has 1 atom stereocenters. The van der Waals surface area contributed by atoms with Crippen molar-refractivity contribution in [1.82, 2.24) is 4.90 Å². The molecule has 1 aromatic carbocycles. The number of carboxylic acids is 2. The van der Waals surface area contributed by atoms with Gasteiger partial charge >= 0.3 is 24.2 Å². The van der Waals surface area contributed by atoms with E-state index in [1.165, 1.54) is 46.1 Å². The lowest BCUT2D eigenvalue weighted by atomic mass is 9.93. The number of halogens is 3. The molecule has 0 bridgehead atoms. The van der Waals surface area contributed by atoms with E-state index in [0.29, 0.717) is 4.90 Å². The fourth-order valence-electron chi connectivity index (χ4n) is 2.73. The largest absolute Gasteiger partial charge is 0.497 e. The zero-order valence-corrected chi connectivity index (χ0v) is 17.7. The first-order valence-corrected chi connectivity index (χ1v) is 9.26. The van der Waals surface area contributed by atoms with Crippen molar-refractivity contribution in [2.75, 3.05) is 13.7 Å². The lowest BCUT2D eigenvalue weighted by Crippen LogP contribution is -2.41. The number of hydrogen-bond acceptors (Lipinski definition) is 5. The fourth-order valence-corrected chi connectivity index (χ4v) is 2.73. The molecule has 31 heavy (non-hydrogen) atoms. The van der Waals surface area contributed by atoms with Gasteiger partial charge in [-0.1, -0.05) is 6.07 Å².